The molecule has 5 nitrogen and oxygen atoms in total. The number of hydrogen-bond donors (Lipinski definition) is 1. The van der Waals surface area contributed by atoms with Crippen LogP contribution in [-0.2, 0) is 13.5 Å². The van der Waals surface area contributed by atoms with Crippen LogP contribution in [0.2, 0.25) is 0 Å². The molecule has 0 radical (unpaired) electrons. The standard InChI is InChI=1S/C13H15FN4O/c1-9-11(7-17-18(9)2)13(19)16-6-4-10-3-5-15-8-12(10)14/h3,5,7-8H,4,6H2,1-2H3,(H,16,19). The lowest BCUT2D eigenvalue weighted by Gasteiger charge is -2.05. The number of rotatable bonds is 4. The van der Waals surface area contributed by atoms with Gasteiger partial charge in [0, 0.05) is 25.5 Å². The molecule has 1 amide bonds. The summed E-state index contributed by atoms with van der Waals surface area (Å²) in [6.45, 7) is 2.19. The zero-order valence-corrected chi connectivity index (χ0v) is 10.9. The van der Waals surface area contributed by atoms with E-state index in [9.17, 15) is 9.18 Å². The lowest BCUT2D eigenvalue weighted by molar-refractivity contribution is 0.0953. The third kappa shape index (κ3) is 2.96. The summed E-state index contributed by atoms with van der Waals surface area (Å²) in [5.41, 5.74) is 1.88. The highest BCUT2D eigenvalue weighted by Gasteiger charge is 2.12. The molecule has 2 aromatic heterocycles. The molecule has 0 atom stereocenters. The van der Waals surface area contributed by atoms with Crippen LogP contribution >= 0.6 is 0 Å². The largest absolute Gasteiger partial charge is 0.352 e. The van der Waals surface area contributed by atoms with Crippen molar-refractivity contribution in [3.05, 3.63) is 47.3 Å². The van der Waals surface area contributed by atoms with E-state index in [1.54, 1.807) is 17.8 Å². The average molecular weight is 262 g/mol. The molecule has 0 aromatic carbocycles. The van der Waals surface area contributed by atoms with Gasteiger partial charge in [-0.15, -0.1) is 0 Å². The van der Waals surface area contributed by atoms with E-state index in [-0.39, 0.29) is 11.7 Å². The van der Waals surface area contributed by atoms with Crippen LogP contribution in [0.3, 0.4) is 0 Å². The summed E-state index contributed by atoms with van der Waals surface area (Å²) in [5.74, 6) is -0.547. The molecule has 0 aliphatic carbocycles. The van der Waals surface area contributed by atoms with Crippen LogP contribution in [0.5, 0.6) is 0 Å². The predicted octanol–water partition coefficient (Wildman–Crippen LogP) is 1.24. The number of aryl methyl sites for hydroxylation is 1. The maximum atomic E-state index is 13.3. The van der Waals surface area contributed by atoms with Crippen LogP contribution in [0.25, 0.3) is 0 Å². The Balaban J connectivity index is 1.91. The van der Waals surface area contributed by atoms with E-state index in [1.165, 1.54) is 18.6 Å². The lowest BCUT2D eigenvalue weighted by Crippen LogP contribution is -2.26. The molecule has 1 N–H and O–H groups in total. The van der Waals surface area contributed by atoms with E-state index in [2.05, 4.69) is 15.4 Å². The average Bonchev–Trinajstić information content (AvgIpc) is 2.72. The monoisotopic (exact) mass is 262 g/mol. The van der Waals surface area contributed by atoms with Crippen molar-refractivity contribution in [2.45, 2.75) is 13.3 Å². The highest BCUT2D eigenvalue weighted by Crippen LogP contribution is 2.06. The first-order valence-electron chi connectivity index (χ1n) is 5.94. The number of aromatic nitrogens is 3. The first kappa shape index (κ1) is 13.2. The van der Waals surface area contributed by atoms with Crippen LogP contribution in [-0.4, -0.2) is 27.2 Å². The second-order valence-corrected chi connectivity index (χ2v) is 4.24. The smallest absolute Gasteiger partial charge is 0.254 e. The molecule has 6 heteroatoms. The van der Waals surface area contributed by atoms with Gasteiger partial charge in [0.15, 0.2) is 0 Å². The number of hydrogen-bond acceptors (Lipinski definition) is 3. The van der Waals surface area contributed by atoms with E-state index >= 15 is 0 Å². The van der Waals surface area contributed by atoms with Crippen molar-refractivity contribution in [3.8, 4) is 0 Å². The first-order chi connectivity index (χ1) is 9.09. The summed E-state index contributed by atoms with van der Waals surface area (Å²) >= 11 is 0. The maximum Gasteiger partial charge on any atom is 0.254 e. The van der Waals surface area contributed by atoms with Crippen molar-refractivity contribution < 1.29 is 9.18 Å². The molecule has 2 aromatic rings. The Morgan fingerprint density at radius 2 is 2.26 bits per heavy atom. The van der Waals surface area contributed by atoms with Crippen LogP contribution in [0, 0.1) is 12.7 Å². The molecule has 0 bridgehead atoms. The highest BCUT2D eigenvalue weighted by molar-refractivity contribution is 5.94. The van der Waals surface area contributed by atoms with Crippen molar-refractivity contribution in [2.75, 3.05) is 6.54 Å². The predicted molar refractivity (Wildman–Crippen MR) is 68.2 cm³/mol. The normalized spacial score (nSPS) is 10.5. The van der Waals surface area contributed by atoms with Crippen LogP contribution in [0.15, 0.2) is 24.7 Å². The van der Waals surface area contributed by atoms with E-state index in [4.69, 9.17) is 0 Å². The third-order valence-electron chi connectivity index (χ3n) is 3.02. The molecular weight excluding hydrogens is 247 g/mol. The van der Waals surface area contributed by atoms with Gasteiger partial charge in [-0.25, -0.2) is 4.39 Å². The fourth-order valence-electron chi connectivity index (χ4n) is 1.73. The number of amides is 1. The van der Waals surface area contributed by atoms with E-state index in [0.717, 1.165) is 5.69 Å². The zero-order chi connectivity index (χ0) is 13.8. The van der Waals surface area contributed by atoms with E-state index in [0.29, 0.717) is 24.1 Å². The first-order valence-corrected chi connectivity index (χ1v) is 5.94. The molecule has 0 saturated carbocycles. The van der Waals surface area contributed by atoms with E-state index < -0.39 is 0 Å². The van der Waals surface area contributed by atoms with Crippen LogP contribution in [0.1, 0.15) is 21.6 Å². The summed E-state index contributed by atoms with van der Waals surface area (Å²) in [6.07, 6.45) is 4.66. The van der Waals surface area contributed by atoms with Gasteiger partial charge in [0.1, 0.15) is 5.82 Å². The number of halogens is 1. The fourth-order valence-corrected chi connectivity index (χ4v) is 1.73. The van der Waals surface area contributed by atoms with Gasteiger partial charge >= 0.3 is 0 Å². The molecule has 0 aliphatic rings. The Labute approximate surface area is 110 Å². The van der Waals surface area contributed by atoms with Gasteiger partial charge in [0.05, 0.1) is 18.0 Å². The minimum atomic E-state index is -0.352. The SMILES string of the molecule is Cc1c(C(=O)NCCc2ccncc2F)cnn1C. The summed E-state index contributed by atoms with van der Waals surface area (Å²) in [6, 6.07) is 1.61. The Morgan fingerprint density at radius 3 is 2.89 bits per heavy atom. The van der Waals surface area contributed by atoms with Gasteiger partial charge in [-0.05, 0) is 25.0 Å². The molecule has 0 unspecified atom stereocenters. The number of pyridine rings is 1. The minimum absolute atomic E-state index is 0.194. The molecule has 2 heterocycles. The highest BCUT2D eigenvalue weighted by atomic mass is 19.1. The molecule has 0 aliphatic heterocycles. The van der Waals surface area contributed by atoms with Crippen molar-refractivity contribution in [1.82, 2.24) is 20.1 Å². The molecule has 0 spiro atoms. The van der Waals surface area contributed by atoms with Gasteiger partial charge < -0.3 is 5.32 Å². The second-order valence-electron chi connectivity index (χ2n) is 4.24. The Hall–Kier alpha value is -2.24. The van der Waals surface area contributed by atoms with Crippen LogP contribution in [0.4, 0.5) is 4.39 Å². The third-order valence-corrected chi connectivity index (χ3v) is 3.02. The lowest BCUT2D eigenvalue weighted by atomic mass is 10.2. The van der Waals surface area contributed by atoms with Gasteiger partial charge in [0.25, 0.3) is 5.91 Å². The number of nitrogens with zero attached hydrogens (tertiary/aromatic N) is 3. The maximum absolute atomic E-state index is 13.3. The summed E-state index contributed by atoms with van der Waals surface area (Å²) in [4.78, 5) is 15.6. The molecule has 19 heavy (non-hydrogen) atoms. The molecule has 2 rings (SSSR count). The topological polar surface area (TPSA) is 59.8 Å². The summed E-state index contributed by atoms with van der Waals surface area (Å²) in [7, 11) is 1.78. The van der Waals surface area contributed by atoms with Crippen molar-refractivity contribution >= 4 is 5.91 Å². The molecule has 0 saturated heterocycles. The van der Waals surface area contributed by atoms with Crippen LogP contribution < -0.4 is 5.32 Å². The van der Waals surface area contributed by atoms with Gasteiger partial charge in [-0.3, -0.25) is 14.5 Å². The molecule has 0 fully saturated rings. The van der Waals surface area contributed by atoms with E-state index in [1.807, 2.05) is 6.92 Å². The number of carbonyl (C=O) groups excluding carboxylic acids is 1. The summed E-state index contributed by atoms with van der Waals surface area (Å²) < 4.78 is 15.0. The van der Waals surface area contributed by atoms with Crippen molar-refractivity contribution in [3.63, 3.8) is 0 Å². The van der Waals surface area contributed by atoms with Gasteiger partial charge in [0.2, 0.25) is 0 Å². The second kappa shape index (κ2) is 5.60. The van der Waals surface area contributed by atoms with Crippen molar-refractivity contribution in [2.24, 2.45) is 7.05 Å². The fraction of sp³-hybridized carbons (Fsp3) is 0.308. The Kier molecular flexibility index (Phi) is 3.89. The molecular formula is C13H15FN4O. The summed E-state index contributed by atoms with van der Waals surface area (Å²) in [5, 5.41) is 6.75. The minimum Gasteiger partial charge on any atom is -0.352 e. The van der Waals surface area contributed by atoms with Gasteiger partial charge in [-0.1, -0.05) is 0 Å². The molecule has 100 valence electrons. The van der Waals surface area contributed by atoms with Gasteiger partial charge in [-0.2, -0.15) is 5.10 Å². The Morgan fingerprint density at radius 1 is 1.47 bits per heavy atom. The zero-order valence-electron chi connectivity index (χ0n) is 10.9. The quantitative estimate of drug-likeness (QED) is 0.901. The number of carbonyl (C=O) groups is 1. The van der Waals surface area contributed by atoms with Crippen molar-refractivity contribution in [1.29, 1.82) is 0 Å². The number of nitrogens with one attached hydrogen (secondary N) is 1. The Bertz CT molecular complexity index is 594.